The number of carbonyl (C=O) groups excluding carboxylic acids is 8. The molecule has 8 rings (SSSR count). The van der Waals surface area contributed by atoms with Crippen LogP contribution in [0.3, 0.4) is 0 Å². The van der Waals surface area contributed by atoms with Gasteiger partial charge in [-0.1, -0.05) is 84.0 Å². The molecule has 2 aromatic rings. The summed E-state index contributed by atoms with van der Waals surface area (Å²) >= 11 is 0. The van der Waals surface area contributed by atoms with Crippen molar-refractivity contribution >= 4 is 58.4 Å². The minimum Gasteiger partial charge on any atom is -0.274 e. The van der Waals surface area contributed by atoms with Crippen LogP contribution < -0.4 is 0 Å². The Bertz CT molecular complexity index is 2360. The van der Waals surface area contributed by atoms with Crippen molar-refractivity contribution in [3.05, 3.63) is 107 Å². The Hall–Kier alpha value is -6.04. The third kappa shape index (κ3) is 6.87. The third-order valence-corrected chi connectivity index (χ3v) is 14.9. The lowest BCUT2D eigenvalue weighted by Gasteiger charge is -2.36. The third-order valence-electron chi connectivity index (χ3n) is 14.9. The molecule has 63 heavy (non-hydrogen) atoms. The lowest BCUT2D eigenvalue weighted by atomic mass is 9.71. The fourth-order valence-electron chi connectivity index (χ4n) is 11.4. The Morgan fingerprint density at radius 1 is 0.556 bits per heavy atom. The fourth-order valence-corrected chi connectivity index (χ4v) is 11.4. The smallest absolute Gasteiger partial charge is 0.238 e. The molecule has 2 aliphatic carbocycles. The van der Waals surface area contributed by atoms with Crippen LogP contribution in [0.15, 0.2) is 85.0 Å². The van der Waals surface area contributed by atoms with Gasteiger partial charge in [0.25, 0.3) is 0 Å². The number of fused-ring (bicyclic) bond motifs is 2. The summed E-state index contributed by atoms with van der Waals surface area (Å²) in [6.07, 6.45) is 3.93. The van der Waals surface area contributed by atoms with Gasteiger partial charge in [-0.25, -0.2) is 0 Å². The van der Waals surface area contributed by atoms with Gasteiger partial charge in [-0.05, 0) is 114 Å². The van der Waals surface area contributed by atoms with Gasteiger partial charge in [0, 0.05) is 12.8 Å². The molecule has 8 unspecified atom stereocenters. The van der Waals surface area contributed by atoms with Crippen molar-refractivity contribution in [1.29, 1.82) is 0 Å². The number of carbonyl (C=O) groups is 8. The Morgan fingerprint density at radius 2 is 0.921 bits per heavy atom. The highest BCUT2D eigenvalue weighted by Crippen LogP contribution is 2.49. The van der Waals surface area contributed by atoms with Crippen molar-refractivity contribution in [3.8, 4) is 0 Å². The number of imide groups is 4. The molecule has 0 bridgehead atoms. The van der Waals surface area contributed by atoms with Gasteiger partial charge in [-0.2, -0.15) is 0 Å². The molecular formula is C51H56N4O8. The number of benzene rings is 2. The molecule has 4 saturated heterocycles. The van der Waals surface area contributed by atoms with Crippen LogP contribution in [0.5, 0.6) is 0 Å². The Labute approximate surface area is 368 Å². The minimum absolute atomic E-state index is 0.0345. The topological polar surface area (TPSA) is 150 Å². The number of allylic oxidation sites excluding steroid dienone is 4. The summed E-state index contributed by atoms with van der Waals surface area (Å²) in [6.45, 7) is 22.1. The molecule has 12 nitrogen and oxygen atoms in total. The SMILES string of the molecule is C=C(C)c1cccc(C(C)(C)N2C(=O)CC(C3C=C(C)C4C(=O)N(CN5C(=O)C6CC(C7CC(=O)N(C(C)(C)c8cccc(C(=C)C)c8)C7=O)C=C(C)C6C5=O)C(=O)C4C3)C2=O)c1. The fraction of sp³-hybridized carbons (Fsp3) is 0.451. The standard InChI is InChI=1S/C51H56N4O8/c1-26(2)30-13-11-15-34(19-30)50(7,8)54-40(56)23-36(46(54)60)32-17-28(5)42-38(21-32)44(58)52(48(42)62)25-53-45(59)39-22-33(18-29(6)43(39)49(53)63)37-24-41(57)55(47(37)61)51(9,10)35-16-12-14-31(20-35)27(3)4/h11-20,32-33,36-39,42-43H,1,3,21-25H2,2,4-10H3. The number of amides is 8. The van der Waals surface area contributed by atoms with Gasteiger partial charge in [-0.3, -0.25) is 58.0 Å². The van der Waals surface area contributed by atoms with Crippen LogP contribution in [-0.4, -0.2) is 73.5 Å². The number of hydrogen-bond acceptors (Lipinski definition) is 8. The van der Waals surface area contributed by atoms with Gasteiger partial charge < -0.3 is 0 Å². The van der Waals surface area contributed by atoms with Crippen molar-refractivity contribution in [2.75, 3.05) is 6.67 Å². The number of nitrogens with zero attached hydrogens (tertiary/aromatic N) is 4. The van der Waals surface area contributed by atoms with Crippen molar-refractivity contribution in [2.24, 2.45) is 47.3 Å². The zero-order valence-corrected chi connectivity index (χ0v) is 37.4. The molecule has 0 aromatic heterocycles. The summed E-state index contributed by atoms with van der Waals surface area (Å²) in [6, 6.07) is 15.2. The van der Waals surface area contributed by atoms with Crippen LogP contribution in [0.1, 0.15) is 103 Å². The zero-order valence-electron chi connectivity index (χ0n) is 37.4. The van der Waals surface area contributed by atoms with Crippen molar-refractivity contribution < 1.29 is 38.4 Å². The van der Waals surface area contributed by atoms with Gasteiger partial charge in [0.15, 0.2) is 0 Å². The predicted octanol–water partition coefficient (Wildman–Crippen LogP) is 6.77. The molecule has 8 atom stereocenters. The van der Waals surface area contributed by atoms with Crippen LogP contribution >= 0.6 is 0 Å². The molecule has 4 fully saturated rings. The predicted molar refractivity (Wildman–Crippen MR) is 235 cm³/mol. The summed E-state index contributed by atoms with van der Waals surface area (Å²) < 4.78 is 0. The molecule has 12 heteroatoms. The van der Waals surface area contributed by atoms with E-state index in [0.29, 0.717) is 11.1 Å². The maximum absolute atomic E-state index is 14.2. The van der Waals surface area contributed by atoms with Gasteiger partial charge in [0.1, 0.15) is 6.67 Å². The van der Waals surface area contributed by atoms with E-state index in [1.807, 2.05) is 102 Å². The molecular weight excluding hydrogens is 797 g/mol. The van der Waals surface area contributed by atoms with Crippen LogP contribution in [-0.2, 0) is 49.4 Å². The minimum atomic E-state index is -0.959. The van der Waals surface area contributed by atoms with E-state index in [2.05, 4.69) is 13.2 Å². The molecule has 0 N–H and O–H groups in total. The molecule has 0 spiro atoms. The Morgan fingerprint density at radius 3 is 1.27 bits per heavy atom. The first kappa shape index (κ1) is 43.6. The van der Waals surface area contributed by atoms with Crippen LogP contribution in [0.25, 0.3) is 11.1 Å². The van der Waals surface area contributed by atoms with Gasteiger partial charge in [0.05, 0.1) is 46.6 Å². The number of likely N-dealkylation sites (tertiary alicyclic amines) is 4. The van der Waals surface area contributed by atoms with E-state index in [1.165, 1.54) is 9.80 Å². The van der Waals surface area contributed by atoms with Crippen molar-refractivity contribution in [1.82, 2.24) is 19.6 Å². The van der Waals surface area contributed by atoms with E-state index in [4.69, 9.17) is 0 Å². The van der Waals surface area contributed by atoms with Crippen LogP contribution in [0, 0.1) is 47.3 Å². The van der Waals surface area contributed by atoms with Gasteiger partial charge >= 0.3 is 0 Å². The van der Waals surface area contributed by atoms with Crippen molar-refractivity contribution in [3.63, 3.8) is 0 Å². The Balaban J connectivity index is 0.957. The lowest BCUT2D eigenvalue weighted by molar-refractivity contribution is -0.151. The highest BCUT2D eigenvalue weighted by Gasteiger charge is 2.59. The van der Waals surface area contributed by atoms with E-state index in [-0.39, 0.29) is 49.3 Å². The molecule has 0 saturated carbocycles. The maximum atomic E-state index is 14.2. The number of rotatable bonds is 10. The first-order valence-corrected chi connectivity index (χ1v) is 21.9. The van der Waals surface area contributed by atoms with Gasteiger partial charge in [-0.15, -0.1) is 0 Å². The zero-order chi connectivity index (χ0) is 45.8. The van der Waals surface area contributed by atoms with Crippen LogP contribution in [0.2, 0.25) is 0 Å². The van der Waals surface area contributed by atoms with Crippen LogP contribution in [0.4, 0.5) is 0 Å². The average molecular weight is 853 g/mol. The van der Waals surface area contributed by atoms with E-state index in [9.17, 15) is 38.4 Å². The highest BCUT2D eigenvalue weighted by atomic mass is 16.2. The molecule has 4 aliphatic heterocycles. The molecule has 2 aromatic carbocycles. The lowest BCUT2D eigenvalue weighted by Crippen LogP contribution is -2.46. The number of hydrogen-bond donors (Lipinski definition) is 0. The molecule has 4 heterocycles. The molecule has 8 amide bonds. The highest BCUT2D eigenvalue weighted by molar-refractivity contribution is 6.11. The summed E-state index contributed by atoms with van der Waals surface area (Å²) in [5, 5.41) is 0. The Kier molecular flexibility index (Phi) is 10.6. The van der Waals surface area contributed by atoms with E-state index in [1.54, 1.807) is 13.8 Å². The second kappa shape index (κ2) is 15.3. The molecule has 6 aliphatic rings. The second-order valence-electron chi connectivity index (χ2n) is 19.7. The second-order valence-corrected chi connectivity index (χ2v) is 19.7. The summed E-state index contributed by atoms with van der Waals surface area (Å²) in [7, 11) is 0. The van der Waals surface area contributed by atoms with E-state index in [0.717, 1.165) is 43.2 Å². The summed E-state index contributed by atoms with van der Waals surface area (Å²) in [5.41, 5.74) is 4.39. The molecule has 0 radical (unpaired) electrons. The summed E-state index contributed by atoms with van der Waals surface area (Å²) in [5.74, 6) is -9.10. The monoisotopic (exact) mass is 852 g/mol. The average Bonchev–Trinajstić information content (AvgIpc) is 3.88. The normalized spacial score (nSPS) is 28.9. The van der Waals surface area contributed by atoms with E-state index < -0.39 is 88.7 Å². The van der Waals surface area contributed by atoms with Gasteiger partial charge in [0.2, 0.25) is 47.3 Å². The first-order valence-electron chi connectivity index (χ1n) is 21.9. The quantitative estimate of drug-likeness (QED) is 0.188. The maximum Gasteiger partial charge on any atom is 0.238 e. The van der Waals surface area contributed by atoms with Crippen molar-refractivity contribution in [2.45, 2.75) is 92.2 Å². The van der Waals surface area contributed by atoms with E-state index >= 15 is 0 Å². The largest absolute Gasteiger partial charge is 0.274 e. The summed E-state index contributed by atoms with van der Waals surface area (Å²) in [4.78, 5) is 117. The molecule has 328 valence electrons. The first-order chi connectivity index (χ1) is 29.6.